The minimum absolute atomic E-state index is 0.201. The van der Waals surface area contributed by atoms with Crippen molar-refractivity contribution in [3.63, 3.8) is 0 Å². The molecule has 0 bridgehead atoms. The smallest absolute Gasteiger partial charge is 0.123 e. The second-order valence-electron chi connectivity index (χ2n) is 4.22. The molecular weight excluding hydrogens is 217 g/mol. The number of aryl methyl sites for hydroxylation is 1. The van der Waals surface area contributed by atoms with Gasteiger partial charge in [0.15, 0.2) is 0 Å². The molecule has 1 heterocycles. The fraction of sp³-hybridized carbons (Fsp3) is 0.429. The summed E-state index contributed by atoms with van der Waals surface area (Å²) in [7, 11) is 0. The molecule has 0 atom stereocenters. The van der Waals surface area contributed by atoms with Gasteiger partial charge in [-0.3, -0.25) is 0 Å². The monoisotopic (exact) mass is 235 g/mol. The van der Waals surface area contributed by atoms with E-state index in [2.05, 4.69) is 11.4 Å². The molecule has 0 saturated heterocycles. The Labute approximate surface area is 101 Å². The van der Waals surface area contributed by atoms with Crippen LogP contribution in [0.25, 0.3) is 0 Å². The Morgan fingerprint density at radius 3 is 3.00 bits per heavy atom. The van der Waals surface area contributed by atoms with E-state index in [-0.39, 0.29) is 5.82 Å². The molecule has 1 aromatic rings. The molecule has 1 aliphatic rings. The summed E-state index contributed by atoms with van der Waals surface area (Å²) in [6, 6.07) is 4.70. The Morgan fingerprint density at radius 1 is 1.41 bits per heavy atom. The molecule has 92 valence electrons. The molecule has 17 heavy (non-hydrogen) atoms. The van der Waals surface area contributed by atoms with Crippen molar-refractivity contribution in [3.05, 3.63) is 41.2 Å². The largest absolute Gasteiger partial charge is 0.489 e. The molecule has 0 aromatic heterocycles. The first-order valence-electron chi connectivity index (χ1n) is 6.09. The maximum atomic E-state index is 13.1. The Kier molecular flexibility index (Phi) is 4.15. The number of hydrogen-bond acceptors (Lipinski definition) is 2. The highest BCUT2D eigenvalue weighted by molar-refractivity contribution is 5.34. The average molecular weight is 235 g/mol. The average Bonchev–Trinajstić information content (AvgIpc) is 2.38. The number of benzene rings is 1. The molecule has 0 aliphatic carbocycles. The highest BCUT2D eigenvalue weighted by Crippen LogP contribution is 2.21. The highest BCUT2D eigenvalue weighted by atomic mass is 19.1. The van der Waals surface area contributed by atoms with Gasteiger partial charge in [-0.1, -0.05) is 13.0 Å². The molecule has 0 amide bonds. The van der Waals surface area contributed by atoms with Crippen molar-refractivity contribution in [2.75, 3.05) is 19.7 Å². The van der Waals surface area contributed by atoms with Crippen molar-refractivity contribution in [1.29, 1.82) is 0 Å². The lowest BCUT2D eigenvalue weighted by molar-refractivity contribution is 0.341. The maximum absolute atomic E-state index is 13.1. The van der Waals surface area contributed by atoms with Crippen molar-refractivity contribution < 1.29 is 9.13 Å². The third-order valence-corrected chi connectivity index (χ3v) is 2.92. The normalized spacial score (nSPS) is 15.5. The zero-order valence-electron chi connectivity index (χ0n) is 10.1. The second kappa shape index (κ2) is 5.82. The highest BCUT2D eigenvalue weighted by Gasteiger charge is 2.07. The Bertz CT molecular complexity index is 415. The van der Waals surface area contributed by atoms with Gasteiger partial charge < -0.3 is 10.1 Å². The second-order valence-corrected chi connectivity index (χ2v) is 4.22. The zero-order chi connectivity index (χ0) is 12.1. The van der Waals surface area contributed by atoms with Gasteiger partial charge in [-0.25, -0.2) is 4.39 Å². The van der Waals surface area contributed by atoms with E-state index >= 15 is 0 Å². The summed E-state index contributed by atoms with van der Waals surface area (Å²) in [6.45, 7) is 4.53. The summed E-state index contributed by atoms with van der Waals surface area (Å²) in [5.74, 6) is 0.591. The van der Waals surface area contributed by atoms with E-state index in [0.29, 0.717) is 6.61 Å². The third-order valence-electron chi connectivity index (χ3n) is 2.92. The summed E-state index contributed by atoms with van der Waals surface area (Å²) >= 11 is 0. The standard InChI is InChI=1S/C14H18FNO/c1-2-12-8-13(15)5-6-14(12)17-10-11-4-3-7-16-9-11/h4-6,8,16H,2-3,7,9-10H2,1H3. The van der Waals surface area contributed by atoms with Crippen molar-refractivity contribution >= 4 is 0 Å². The predicted octanol–water partition coefficient (Wildman–Crippen LogP) is 2.69. The first-order valence-corrected chi connectivity index (χ1v) is 6.09. The van der Waals surface area contributed by atoms with Gasteiger partial charge in [0.25, 0.3) is 0 Å². The summed E-state index contributed by atoms with van der Waals surface area (Å²) in [6.07, 6.45) is 4.05. The summed E-state index contributed by atoms with van der Waals surface area (Å²) < 4.78 is 18.8. The third kappa shape index (κ3) is 3.30. The van der Waals surface area contributed by atoms with E-state index in [0.717, 1.165) is 37.2 Å². The molecule has 0 radical (unpaired) electrons. The zero-order valence-corrected chi connectivity index (χ0v) is 10.1. The molecule has 2 nitrogen and oxygen atoms in total. The number of nitrogens with one attached hydrogen (secondary N) is 1. The van der Waals surface area contributed by atoms with Crippen molar-refractivity contribution in [3.8, 4) is 5.75 Å². The Morgan fingerprint density at radius 2 is 2.29 bits per heavy atom. The van der Waals surface area contributed by atoms with Crippen LogP contribution in [0.2, 0.25) is 0 Å². The lowest BCUT2D eigenvalue weighted by Gasteiger charge is -2.16. The number of hydrogen-bond donors (Lipinski definition) is 1. The summed E-state index contributed by atoms with van der Waals surface area (Å²) in [5.41, 5.74) is 2.19. The van der Waals surface area contributed by atoms with Crippen molar-refractivity contribution in [2.24, 2.45) is 0 Å². The molecule has 0 fully saturated rings. The summed E-state index contributed by atoms with van der Waals surface area (Å²) in [4.78, 5) is 0. The number of rotatable bonds is 4. The van der Waals surface area contributed by atoms with Gasteiger partial charge >= 0.3 is 0 Å². The molecule has 0 unspecified atom stereocenters. The van der Waals surface area contributed by atoms with Gasteiger partial charge in [-0.05, 0) is 48.7 Å². The van der Waals surface area contributed by atoms with Crippen molar-refractivity contribution in [1.82, 2.24) is 5.32 Å². The van der Waals surface area contributed by atoms with E-state index < -0.39 is 0 Å². The van der Waals surface area contributed by atoms with Crippen LogP contribution in [0.3, 0.4) is 0 Å². The molecular formula is C14H18FNO. The summed E-state index contributed by atoms with van der Waals surface area (Å²) in [5, 5.41) is 3.30. The van der Waals surface area contributed by atoms with Crippen LogP contribution in [-0.4, -0.2) is 19.7 Å². The number of ether oxygens (including phenoxy) is 1. The van der Waals surface area contributed by atoms with Crippen molar-refractivity contribution in [2.45, 2.75) is 19.8 Å². The molecule has 2 rings (SSSR count). The van der Waals surface area contributed by atoms with Crippen LogP contribution < -0.4 is 10.1 Å². The van der Waals surface area contributed by atoms with Gasteiger partial charge in [0, 0.05) is 6.54 Å². The van der Waals surface area contributed by atoms with E-state index in [4.69, 9.17) is 4.74 Å². The fourth-order valence-electron chi connectivity index (χ4n) is 1.95. The quantitative estimate of drug-likeness (QED) is 0.810. The van der Waals surface area contributed by atoms with Crippen LogP contribution in [0, 0.1) is 5.82 Å². The SMILES string of the molecule is CCc1cc(F)ccc1OCC1=CCCNC1. The van der Waals surface area contributed by atoms with Gasteiger partial charge in [-0.15, -0.1) is 0 Å². The molecule has 1 aliphatic heterocycles. The maximum Gasteiger partial charge on any atom is 0.123 e. The van der Waals surface area contributed by atoms with Gasteiger partial charge in [0.2, 0.25) is 0 Å². The lowest BCUT2D eigenvalue weighted by Crippen LogP contribution is -2.25. The van der Waals surface area contributed by atoms with Crippen LogP contribution in [-0.2, 0) is 6.42 Å². The van der Waals surface area contributed by atoms with Crippen LogP contribution in [0.1, 0.15) is 18.9 Å². The first kappa shape index (κ1) is 12.1. The Balaban J connectivity index is 2.00. The van der Waals surface area contributed by atoms with E-state index in [1.807, 2.05) is 6.92 Å². The van der Waals surface area contributed by atoms with Gasteiger partial charge in [0.05, 0.1) is 0 Å². The lowest BCUT2D eigenvalue weighted by atomic mass is 10.1. The van der Waals surface area contributed by atoms with Crippen LogP contribution in [0.15, 0.2) is 29.8 Å². The van der Waals surface area contributed by atoms with E-state index in [9.17, 15) is 4.39 Å². The minimum atomic E-state index is -0.201. The van der Waals surface area contributed by atoms with Crippen LogP contribution in [0.4, 0.5) is 4.39 Å². The first-order chi connectivity index (χ1) is 8.29. The molecule has 3 heteroatoms. The van der Waals surface area contributed by atoms with Gasteiger partial charge in [0.1, 0.15) is 18.2 Å². The van der Waals surface area contributed by atoms with E-state index in [1.165, 1.54) is 11.6 Å². The van der Waals surface area contributed by atoms with Gasteiger partial charge in [-0.2, -0.15) is 0 Å². The van der Waals surface area contributed by atoms with Crippen LogP contribution >= 0.6 is 0 Å². The Hall–Kier alpha value is -1.35. The minimum Gasteiger partial charge on any atom is -0.489 e. The predicted molar refractivity (Wildman–Crippen MR) is 66.8 cm³/mol. The van der Waals surface area contributed by atoms with E-state index in [1.54, 1.807) is 12.1 Å². The molecule has 0 spiro atoms. The molecule has 1 N–H and O–H groups in total. The molecule has 1 aromatic carbocycles. The topological polar surface area (TPSA) is 21.3 Å². The number of halogens is 1. The fourth-order valence-corrected chi connectivity index (χ4v) is 1.95. The van der Waals surface area contributed by atoms with Crippen LogP contribution in [0.5, 0.6) is 5.75 Å². The molecule has 0 saturated carbocycles.